The summed E-state index contributed by atoms with van der Waals surface area (Å²) in [6, 6.07) is 0. The van der Waals surface area contributed by atoms with Crippen LogP contribution in [0.25, 0.3) is 0 Å². The highest BCUT2D eigenvalue weighted by Gasteiger charge is 2.03. The van der Waals surface area contributed by atoms with Crippen molar-refractivity contribution in [2.24, 2.45) is 0 Å². The Hall–Kier alpha value is -0.900. The Balaban J connectivity index is 2.63. The van der Waals surface area contributed by atoms with Gasteiger partial charge in [0.2, 0.25) is 0 Å². The van der Waals surface area contributed by atoms with Gasteiger partial charge in [-0.25, -0.2) is 9.97 Å². The highest BCUT2D eigenvalue weighted by Crippen LogP contribution is 2.20. The molecule has 0 N–H and O–H groups in total. The van der Waals surface area contributed by atoms with Crippen LogP contribution in [0.1, 0.15) is 30.6 Å². The van der Waals surface area contributed by atoms with Crippen LogP contribution in [0.2, 0.25) is 0 Å². The fraction of sp³-hybridized carbons (Fsp3) is 0.444. The maximum Gasteiger partial charge on any atom is 0.187 e. The van der Waals surface area contributed by atoms with Crippen LogP contribution >= 0.6 is 11.8 Å². The van der Waals surface area contributed by atoms with E-state index in [4.69, 9.17) is 0 Å². The lowest BCUT2D eigenvalue weighted by atomic mass is 10.4. The van der Waals surface area contributed by atoms with Gasteiger partial charge in [-0.3, -0.25) is 4.79 Å². The predicted molar refractivity (Wildman–Crippen MR) is 53.0 cm³/mol. The van der Waals surface area contributed by atoms with Gasteiger partial charge in [-0.15, -0.1) is 0 Å². The lowest BCUT2D eigenvalue weighted by molar-refractivity contribution is 0.112. The van der Waals surface area contributed by atoms with Crippen molar-refractivity contribution < 1.29 is 4.79 Å². The predicted octanol–water partition coefficient (Wildman–Crippen LogP) is 2.18. The highest BCUT2D eigenvalue weighted by molar-refractivity contribution is 7.99. The molecule has 0 bridgehead atoms. The van der Waals surface area contributed by atoms with Crippen LogP contribution < -0.4 is 0 Å². The van der Waals surface area contributed by atoms with E-state index < -0.39 is 0 Å². The Labute approximate surface area is 82.0 Å². The number of nitrogens with zero attached hydrogens (tertiary/aromatic N) is 2. The molecule has 0 aliphatic rings. The number of rotatable bonds is 4. The first-order valence-corrected chi connectivity index (χ1v) is 5.08. The average Bonchev–Trinajstić information content (AvgIpc) is 2.19. The summed E-state index contributed by atoms with van der Waals surface area (Å²) in [7, 11) is 0. The molecular weight excluding hydrogens is 184 g/mol. The van der Waals surface area contributed by atoms with Gasteiger partial charge in [0.25, 0.3) is 0 Å². The minimum atomic E-state index is 0.516. The molecule has 13 heavy (non-hydrogen) atoms. The maximum atomic E-state index is 10.3. The van der Waals surface area contributed by atoms with Gasteiger partial charge in [0, 0.05) is 17.6 Å². The zero-order valence-electron chi connectivity index (χ0n) is 7.73. The molecule has 3 nitrogen and oxygen atoms in total. The van der Waals surface area contributed by atoms with Crippen molar-refractivity contribution in [1.29, 1.82) is 0 Å². The van der Waals surface area contributed by atoms with E-state index in [0.29, 0.717) is 10.8 Å². The molecule has 1 rings (SSSR count). The van der Waals surface area contributed by atoms with Crippen LogP contribution in [-0.4, -0.2) is 21.5 Å². The summed E-state index contributed by atoms with van der Waals surface area (Å²) in [5.41, 5.74) is 0.522. The topological polar surface area (TPSA) is 42.9 Å². The van der Waals surface area contributed by atoms with Crippen molar-refractivity contribution in [2.75, 3.05) is 0 Å². The van der Waals surface area contributed by atoms with E-state index in [1.54, 1.807) is 24.2 Å². The quantitative estimate of drug-likeness (QED) is 0.420. The van der Waals surface area contributed by atoms with Gasteiger partial charge < -0.3 is 0 Å². The summed E-state index contributed by atoms with van der Waals surface area (Å²) in [5, 5.41) is 1.25. The van der Waals surface area contributed by atoms with Crippen molar-refractivity contribution in [3.63, 3.8) is 0 Å². The van der Waals surface area contributed by atoms with Gasteiger partial charge in [-0.2, -0.15) is 0 Å². The van der Waals surface area contributed by atoms with Gasteiger partial charge in [0.1, 0.15) is 0 Å². The molecule has 0 saturated carbocycles. The average molecular weight is 196 g/mol. The van der Waals surface area contributed by atoms with Crippen LogP contribution in [0.3, 0.4) is 0 Å². The normalized spacial score (nSPS) is 12.5. The number of aldehydes is 1. The fourth-order valence-corrected chi connectivity index (χ4v) is 1.46. The number of hydrogen-bond acceptors (Lipinski definition) is 4. The van der Waals surface area contributed by atoms with Crippen molar-refractivity contribution in [3.05, 3.63) is 18.0 Å². The molecule has 0 fully saturated rings. The van der Waals surface area contributed by atoms with E-state index in [0.717, 1.165) is 17.9 Å². The Kier molecular flexibility index (Phi) is 3.89. The molecule has 0 aromatic carbocycles. The Bertz CT molecular complexity index is 273. The molecule has 0 amide bonds. The zero-order chi connectivity index (χ0) is 9.68. The van der Waals surface area contributed by atoms with E-state index in [2.05, 4.69) is 23.8 Å². The first-order valence-electron chi connectivity index (χ1n) is 4.20. The standard InChI is InChI=1S/C9H12N2OS/c1-3-7(2)13-9-10-4-8(6-12)5-11-9/h4-7H,3H2,1-2H3. The first kappa shape index (κ1) is 10.2. The molecule has 0 saturated heterocycles. The maximum absolute atomic E-state index is 10.3. The molecule has 1 atom stereocenters. The Morgan fingerprint density at radius 1 is 1.54 bits per heavy atom. The second kappa shape index (κ2) is 4.97. The number of carbonyl (C=O) groups is 1. The van der Waals surface area contributed by atoms with Gasteiger partial charge in [-0.1, -0.05) is 25.6 Å². The van der Waals surface area contributed by atoms with Gasteiger partial charge in [0.05, 0.1) is 5.56 Å². The van der Waals surface area contributed by atoms with Gasteiger partial charge >= 0.3 is 0 Å². The third-order valence-corrected chi connectivity index (χ3v) is 2.82. The van der Waals surface area contributed by atoms with E-state index in [9.17, 15) is 4.79 Å². The summed E-state index contributed by atoms with van der Waals surface area (Å²) in [5.74, 6) is 0. The molecule has 0 aliphatic carbocycles. The third-order valence-electron chi connectivity index (χ3n) is 1.67. The summed E-state index contributed by atoms with van der Waals surface area (Å²) in [6.07, 6.45) is 4.93. The van der Waals surface area contributed by atoms with Crippen LogP contribution in [0.15, 0.2) is 17.6 Å². The Morgan fingerprint density at radius 3 is 2.62 bits per heavy atom. The minimum Gasteiger partial charge on any atom is -0.298 e. The van der Waals surface area contributed by atoms with E-state index in [1.165, 1.54) is 0 Å². The number of carbonyl (C=O) groups excluding carboxylic acids is 1. The van der Waals surface area contributed by atoms with Gasteiger partial charge in [-0.05, 0) is 6.42 Å². The van der Waals surface area contributed by atoms with Crippen molar-refractivity contribution in [1.82, 2.24) is 9.97 Å². The Morgan fingerprint density at radius 2 is 2.15 bits per heavy atom. The van der Waals surface area contributed by atoms with E-state index in [1.807, 2.05) is 0 Å². The fourth-order valence-electron chi connectivity index (χ4n) is 0.711. The van der Waals surface area contributed by atoms with Crippen LogP contribution in [0.5, 0.6) is 0 Å². The largest absolute Gasteiger partial charge is 0.298 e. The molecule has 1 aromatic rings. The van der Waals surface area contributed by atoms with Crippen LogP contribution in [-0.2, 0) is 0 Å². The van der Waals surface area contributed by atoms with Crippen LogP contribution in [0.4, 0.5) is 0 Å². The number of thioether (sulfide) groups is 1. The molecule has 0 aliphatic heterocycles. The molecule has 4 heteroatoms. The summed E-state index contributed by atoms with van der Waals surface area (Å²) < 4.78 is 0. The monoisotopic (exact) mass is 196 g/mol. The molecule has 0 spiro atoms. The van der Waals surface area contributed by atoms with E-state index >= 15 is 0 Å². The van der Waals surface area contributed by atoms with Crippen LogP contribution in [0, 0.1) is 0 Å². The van der Waals surface area contributed by atoms with Crippen molar-refractivity contribution in [3.8, 4) is 0 Å². The number of aromatic nitrogens is 2. The molecule has 1 unspecified atom stereocenters. The molecule has 1 heterocycles. The van der Waals surface area contributed by atoms with Gasteiger partial charge in [0.15, 0.2) is 11.4 Å². The summed E-state index contributed by atoms with van der Waals surface area (Å²) in [4.78, 5) is 18.4. The summed E-state index contributed by atoms with van der Waals surface area (Å²) >= 11 is 1.62. The van der Waals surface area contributed by atoms with E-state index in [-0.39, 0.29) is 0 Å². The SMILES string of the molecule is CCC(C)Sc1ncc(C=O)cn1. The second-order valence-electron chi connectivity index (χ2n) is 2.75. The zero-order valence-corrected chi connectivity index (χ0v) is 8.54. The summed E-state index contributed by atoms with van der Waals surface area (Å²) in [6.45, 7) is 4.25. The van der Waals surface area contributed by atoms with Crippen molar-refractivity contribution in [2.45, 2.75) is 30.7 Å². The molecule has 1 aromatic heterocycles. The smallest absolute Gasteiger partial charge is 0.187 e. The van der Waals surface area contributed by atoms with Crippen molar-refractivity contribution >= 4 is 18.0 Å². The highest BCUT2D eigenvalue weighted by atomic mass is 32.2. The lowest BCUT2D eigenvalue weighted by Gasteiger charge is -2.05. The first-order chi connectivity index (χ1) is 6.26. The number of hydrogen-bond donors (Lipinski definition) is 0. The lowest BCUT2D eigenvalue weighted by Crippen LogP contribution is -1.96. The third kappa shape index (κ3) is 3.14. The minimum absolute atomic E-state index is 0.516. The molecule has 0 radical (unpaired) electrons. The molecule has 70 valence electrons. The second-order valence-corrected chi connectivity index (χ2v) is 4.16. The molecular formula is C9H12N2OS.